The molecule has 1 atom stereocenters. The average molecular weight is 589 g/mol. The first-order valence-electron chi connectivity index (χ1n) is 14.7. The summed E-state index contributed by atoms with van der Waals surface area (Å²) in [6.45, 7) is 7.98. The number of benzene rings is 2. The Kier molecular flexibility index (Phi) is 7.61. The molecule has 2 heterocycles. The van der Waals surface area contributed by atoms with Crippen LogP contribution in [0.3, 0.4) is 0 Å². The number of aromatic nitrogens is 2. The highest BCUT2D eigenvalue weighted by molar-refractivity contribution is 7.70. The highest BCUT2D eigenvalue weighted by Crippen LogP contribution is 2.51. The van der Waals surface area contributed by atoms with Crippen LogP contribution >= 0.6 is 18.7 Å². The second-order valence-electron chi connectivity index (χ2n) is 12.3. The molecule has 1 aromatic heterocycles. The summed E-state index contributed by atoms with van der Waals surface area (Å²) in [5, 5.41) is 17.6. The van der Waals surface area contributed by atoms with E-state index in [0.717, 1.165) is 47.8 Å². The average Bonchev–Trinajstić information content (AvgIpc) is 3.60. The van der Waals surface area contributed by atoms with Crippen LogP contribution in [0, 0.1) is 18.3 Å². The number of halogens is 1. The fourth-order valence-electron chi connectivity index (χ4n) is 6.79. The lowest BCUT2D eigenvalue weighted by molar-refractivity contribution is 0.222. The summed E-state index contributed by atoms with van der Waals surface area (Å²) in [5.41, 5.74) is 5.90. The molecule has 1 saturated heterocycles. The van der Waals surface area contributed by atoms with E-state index in [-0.39, 0.29) is 0 Å². The van der Waals surface area contributed by atoms with Gasteiger partial charge in [-0.05, 0) is 125 Å². The Labute approximate surface area is 248 Å². The largest absolute Gasteiger partial charge is 0.338 e. The molecule has 2 aliphatic carbocycles. The molecule has 2 aromatic carbocycles. The number of nitrogens with one attached hydrogen (secondary N) is 2. The van der Waals surface area contributed by atoms with Gasteiger partial charge in [0.05, 0.1) is 23.4 Å². The molecule has 41 heavy (non-hydrogen) atoms. The second kappa shape index (κ2) is 11.1. The molecule has 3 aromatic rings. The molecule has 2 fully saturated rings. The van der Waals surface area contributed by atoms with Crippen molar-refractivity contribution in [3.05, 3.63) is 63.8 Å². The van der Waals surface area contributed by atoms with E-state index in [9.17, 15) is 9.83 Å². The zero-order valence-corrected chi connectivity index (χ0v) is 25.8. The van der Waals surface area contributed by atoms with E-state index < -0.39 is 12.6 Å². The van der Waals surface area contributed by atoms with E-state index in [1.54, 1.807) is 19.5 Å². The Morgan fingerprint density at radius 3 is 2.49 bits per heavy atom. The van der Waals surface area contributed by atoms with Gasteiger partial charge in [0.2, 0.25) is 5.95 Å². The van der Waals surface area contributed by atoms with Gasteiger partial charge < -0.3 is 20.1 Å². The maximum Gasteiger partial charge on any atom is 0.229 e. The van der Waals surface area contributed by atoms with Crippen molar-refractivity contribution in [3.8, 4) is 6.07 Å². The molecular weight excluding hydrogens is 551 g/mol. The second-order valence-corrected chi connectivity index (χ2v) is 15.8. The van der Waals surface area contributed by atoms with E-state index in [1.807, 2.05) is 19.1 Å². The number of fused-ring (bicyclic) bond motifs is 1. The van der Waals surface area contributed by atoms with Crippen molar-refractivity contribution in [3.63, 3.8) is 0 Å². The summed E-state index contributed by atoms with van der Waals surface area (Å²) in [6.07, 6.45) is 10.6. The number of nitrogens with zero attached hydrogens (tertiary/aromatic N) is 4. The van der Waals surface area contributed by atoms with Crippen LogP contribution in [-0.4, -0.2) is 47.3 Å². The van der Waals surface area contributed by atoms with Gasteiger partial charge >= 0.3 is 0 Å². The van der Waals surface area contributed by atoms with Crippen LogP contribution in [0.2, 0.25) is 5.02 Å². The molecule has 7 nitrogen and oxygen atoms in total. The van der Waals surface area contributed by atoms with Crippen molar-refractivity contribution in [2.75, 3.05) is 37.1 Å². The van der Waals surface area contributed by atoms with E-state index in [2.05, 4.69) is 44.8 Å². The zero-order chi connectivity index (χ0) is 28.8. The molecule has 6 rings (SSSR count). The minimum atomic E-state index is -2.69. The smallest absolute Gasteiger partial charge is 0.229 e. The summed E-state index contributed by atoms with van der Waals surface area (Å²) < 4.78 is 13.5. The fourth-order valence-corrected chi connectivity index (χ4v) is 8.57. The minimum Gasteiger partial charge on any atom is -0.338 e. The van der Waals surface area contributed by atoms with Crippen molar-refractivity contribution < 1.29 is 4.57 Å². The molecule has 0 bridgehead atoms. The zero-order valence-electron chi connectivity index (χ0n) is 24.1. The molecular formula is C32H38ClN6OP. The number of rotatable bonds is 7. The van der Waals surface area contributed by atoms with Crippen molar-refractivity contribution in [1.82, 2.24) is 14.9 Å². The van der Waals surface area contributed by atoms with E-state index in [4.69, 9.17) is 16.6 Å². The first-order valence-corrected chi connectivity index (χ1v) is 17.7. The number of likely N-dealkylation sites (tertiary alicyclic amines) is 1. The molecule has 1 aliphatic heterocycles. The van der Waals surface area contributed by atoms with Crippen LogP contribution in [0.25, 0.3) is 0 Å². The number of nitriles is 1. The van der Waals surface area contributed by atoms with Gasteiger partial charge in [0.1, 0.15) is 12.2 Å². The quantitative estimate of drug-likeness (QED) is 0.225. The van der Waals surface area contributed by atoms with Crippen LogP contribution < -0.4 is 15.9 Å². The predicted molar refractivity (Wildman–Crippen MR) is 168 cm³/mol. The van der Waals surface area contributed by atoms with Crippen molar-refractivity contribution in [2.24, 2.45) is 0 Å². The van der Waals surface area contributed by atoms with Gasteiger partial charge in [-0.3, -0.25) is 0 Å². The van der Waals surface area contributed by atoms with Crippen LogP contribution in [0.5, 0.6) is 0 Å². The highest BCUT2D eigenvalue weighted by Gasteiger charge is 2.46. The minimum absolute atomic E-state index is 0.371. The molecule has 214 valence electrons. The van der Waals surface area contributed by atoms with Crippen LogP contribution in [0.1, 0.15) is 60.8 Å². The number of anilines is 4. The van der Waals surface area contributed by atoms with Crippen molar-refractivity contribution in [2.45, 2.75) is 69.7 Å². The molecule has 2 N–H and O–H groups in total. The molecule has 0 radical (unpaired) electrons. The maximum atomic E-state index is 13.5. The molecule has 0 spiro atoms. The fraction of sp³-hybridized carbons (Fsp3) is 0.469. The van der Waals surface area contributed by atoms with Crippen LogP contribution in [0.4, 0.5) is 23.1 Å². The monoisotopic (exact) mass is 588 g/mol. The van der Waals surface area contributed by atoms with Gasteiger partial charge in [0.25, 0.3) is 0 Å². The third-order valence-electron chi connectivity index (χ3n) is 9.06. The van der Waals surface area contributed by atoms with E-state index >= 15 is 0 Å². The third kappa shape index (κ3) is 5.75. The summed E-state index contributed by atoms with van der Waals surface area (Å²) in [7, 11) is -2.69. The van der Waals surface area contributed by atoms with Crippen molar-refractivity contribution in [1.29, 1.82) is 5.26 Å². The van der Waals surface area contributed by atoms with Gasteiger partial charge in [-0.2, -0.15) is 10.2 Å². The molecule has 3 aliphatic rings. The Balaban J connectivity index is 1.23. The summed E-state index contributed by atoms with van der Waals surface area (Å²) in [5.74, 6) is 0.878. The first-order chi connectivity index (χ1) is 19.7. The summed E-state index contributed by atoms with van der Waals surface area (Å²) >= 11 is 6.54. The van der Waals surface area contributed by atoms with Gasteiger partial charge in [-0.25, -0.2) is 4.98 Å². The lowest BCUT2D eigenvalue weighted by Gasteiger charge is -2.25. The Morgan fingerprint density at radius 2 is 1.80 bits per heavy atom. The van der Waals surface area contributed by atoms with E-state index in [1.165, 1.54) is 49.9 Å². The number of hydrogen-bond donors (Lipinski definition) is 2. The Hall–Kier alpha value is -2.91. The predicted octanol–water partition coefficient (Wildman–Crippen LogP) is 7.07. The normalized spacial score (nSPS) is 20.1. The third-order valence-corrected chi connectivity index (χ3v) is 11.0. The van der Waals surface area contributed by atoms with Crippen LogP contribution in [-0.2, 0) is 22.8 Å². The molecule has 0 unspecified atom stereocenters. The SMILES string of the molecule is Cc1c(C2(C#N)CC2)ccc(Nc2nc(Nc3ccc4c(c3)CC[C@@H](N3CCCC3)CC4)ncc2Cl)c1P(C)(C)=O. The van der Waals surface area contributed by atoms with Gasteiger partial charge in [-0.15, -0.1) is 0 Å². The number of hydrogen-bond acceptors (Lipinski definition) is 7. The van der Waals surface area contributed by atoms with Gasteiger partial charge in [0, 0.05) is 17.0 Å². The maximum absolute atomic E-state index is 13.5. The standard InChI is InChI=1S/C32H38ClN6OP/c1-21-26(32(20-34)14-15-32)12-13-28(29(21)41(2,3)40)37-30-27(33)19-35-31(38-30)36-24-9-6-22-7-10-25(11-8-23(22)18-24)39-16-4-5-17-39/h6,9,12-13,18-19,25H,4-5,7-8,10-11,14-17H2,1-3H3,(H2,35,36,37,38)/t25-/m0/s1. The van der Waals surface area contributed by atoms with Crippen molar-refractivity contribution >= 4 is 47.2 Å². The topological polar surface area (TPSA) is 93.9 Å². The lowest BCUT2D eigenvalue weighted by atomic mass is 9.93. The van der Waals surface area contributed by atoms with Gasteiger partial charge in [0.15, 0.2) is 5.82 Å². The summed E-state index contributed by atoms with van der Waals surface area (Å²) in [6, 6.07) is 13.6. The lowest BCUT2D eigenvalue weighted by Crippen LogP contribution is -2.32. The first kappa shape index (κ1) is 28.2. The van der Waals surface area contributed by atoms with E-state index in [0.29, 0.717) is 28.5 Å². The molecule has 9 heteroatoms. The highest BCUT2D eigenvalue weighted by atomic mass is 35.5. The van der Waals surface area contributed by atoms with Crippen LogP contribution in [0.15, 0.2) is 36.5 Å². The summed E-state index contributed by atoms with van der Waals surface area (Å²) in [4.78, 5) is 11.8. The molecule has 0 amide bonds. The number of aryl methyl sites for hydroxylation is 2. The van der Waals surface area contributed by atoms with Gasteiger partial charge in [-0.1, -0.05) is 23.7 Å². The molecule has 1 saturated carbocycles. The Bertz CT molecular complexity index is 1570. The Morgan fingerprint density at radius 1 is 1.07 bits per heavy atom.